The quantitative estimate of drug-likeness (QED) is 0.801. The maximum Gasteiger partial charge on any atom is 0.408 e. The van der Waals surface area contributed by atoms with E-state index in [9.17, 15) is 9.90 Å². The van der Waals surface area contributed by atoms with E-state index in [4.69, 9.17) is 4.74 Å². The Labute approximate surface area is 104 Å². The molecule has 1 aliphatic carbocycles. The number of hydrogen-bond acceptors (Lipinski definition) is 3. The molecule has 0 aromatic heterocycles. The molecule has 0 aromatic carbocycles. The summed E-state index contributed by atoms with van der Waals surface area (Å²) in [6.45, 7) is 7.31. The lowest BCUT2D eigenvalue weighted by molar-refractivity contribution is 0.0413. The molecule has 17 heavy (non-hydrogen) atoms. The SMILES string of the molecule is CC(O)CC1(NC(=O)OC(C)(C)C)CCCC1. The van der Waals surface area contributed by atoms with Crippen molar-refractivity contribution in [3.63, 3.8) is 0 Å². The lowest BCUT2D eigenvalue weighted by Gasteiger charge is -2.32. The van der Waals surface area contributed by atoms with Crippen molar-refractivity contribution in [2.24, 2.45) is 0 Å². The molecule has 0 bridgehead atoms. The maximum absolute atomic E-state index is 11.8. The Morgan fingerprint density at radius 3 is 2.35 bits per heavy atom. The second kappa shape index (κ2) is 5.25. The van der Waals surface area contributed by atoms with Crippen LogP contribution in [0.3, 0.4) is 0 Å². The molecule has 1 amide bonds. The van der Waals surface area contributed by atoms with Gasteiger partial charge in [0.2, 0.25) is 0 Å². The van der Waals surface area contributed by atoms with Crippen LogP contribution >= 0.6 is 0 Å². The molecule has 0 radical (unpaired) electrons. The van der Waals surface area contributed by atoms with Crippen molar-refractivity contribution in [2.75, 3.05) is 0 Å². The van der Waals surface area contributed by atoms with Crippen LogP contribution < -0.4 is 5.32 Å². The fraction of sp³-hybridized carbons (Fsp3) is 0.923. The summed E-state index contributed by atoms with van der Waals surface area (Å²) in [5.41, 5.74) is -0.745. The Balaban J connectivity index is 2.58. The van der Waals surface area contributed by atoms with Crippen molar-refractivity contribution in [1.29, 1.82) is 0 Å². The molecule has 4 heteroatoms. The second-order valence-corrected chi connectivity index (χ2v) is 6.17. The van der Waals surface area contributed by atoms with Gasteiger partial charge < -0.3 is 15.2 Å². The number of rotatable bonds is 3. The Morgan fingerprint density at radius 2 is 1.94 bits per heavy atom. The van der Waals surface area contributed by atoms with Crippen molar-refractivity contribution in [2.45, 2.75) is 77.0 Å². The average molecular weight is 243 g/mol. The van der Waals surface area contributed by atoms with Crippen LogP contribution in [0.15, 0.2) is 0 Å². The first-order valence-electron chi connectivity index (χ1n) is 6.42. The zero-order chi connectivity index (χ0) is 13.1. The molecule has 0 heterocycles. The molecule has 4 nitrogen and oxygen atoms in total. The number of aliphatic hydroxyl groups excluding tert-OH is 1. The standard InChI is InChI=1S/C13H25NO3/c1-10(15)9-13(7-5-6-8-13)14-11(16)17-12(2,3)4/h10,15H,5-9H2,1-4H3,(H,14,16). The van der Waals surface area contributed by atoms with Crippen LogP contribution in [0.25, 0.3) is 0 Å². The van der Waals surface area contributed by atoms with Gasteiger partial charge in [-0.15, -0.1) is 0 Å². The number of nitrogens with one attached hydrogen (secondary N) is 1. The van der Waals surface area contributed by atoms with Gasteiger partial charge in [0.25, 0.3) is 0 Å². The van der Waals surface area contributed by atoms with Crippen LogP contribution in [-0.2, 0) is 4.74 Å². The number of ether oxygens (including phenoxy) is 1. The van der Waals surface area contributed by atoms with Crippen LogP contribution in [-0.4, -0.2) is 28.4 Å². The largest absolute Gasteiger partial charge is 0.444 e. The summed E-state index contributed by atoms with van der Waals surface area (Å²) in [6.07, 6.45) is 3.88. The number of hydrogen-bond donors (Lipinski definition) is 2. The van der Waals surface area contributed by atoms with Gasteiger partial charge in [0.1, 0.15) is 5.60 Å². The van der Waals surface area contributed by atoms with E-state index in [2.05, 4.69) is 5.32 Å². The van der Waals surface area contributed by atoms with Crippen molar-refractivity contribution >= 4 is 6.09 Å². The highest BCUT2D eigenvalue weighted by Gasteiger charge is 2.37. The first kappa shape index (κ1) is 14.3. The highest BCUT2D eigenvalue weighted by molar-refractivity contribution is 5.68. The minimum absolute atomic E-state index is 0.267. The molecule has 0 aromatic rings. The molecule has 2 N–H and O–H groups in total. The van der Waals surface area contributed by atoms with Gasteiger partial charge in [-0.25, -0.2) is 4.79 Å². The van der Waals surface area contributed by atoms with E-state index in [0.717, 1.165) is 25.7 Å². The number of aliphatic hydroxyl groups is 1. The molecule has 0 aliphatic heterocycles. The summed E-state index contributed by atoms with van der Waals surface area (Å²) in [7, 11) is 0. The number of carbonyl (C=O) groups excluding carboxylic acids is 1. The highest BCUT2D eigenvalue weighted by Crippen LogP contribution is 2.33. The topological polar surface area (TPSA) is 58.6 Å². The maximum atomic E-state index is 11.8. The van der Waals surface area contributed by atoms with E-state index in [0.29, 0.717) is 6.42 Å². The van der Waals surface area contributed by atoms with Crippen LogP contribution in [0.1, 0.15) is 59.8 Å². The highest BCUT2D eigenvalue weighted by atomic mass is 16.6. The zero-order valence-electron chi connectivity index (χ0n) is 11.4. The minimum atomic E-state index is -0.477. The molecule has 1 rings (SSSR count). The third-order valence-electron chi connectivity index (χ3n) is 3.01. The van der Waals surface area contributed by atoms with E-state index >= 15 is 0 Å². The van der Waals surface area contributed by atoms with Gasteiger partial charge in [-0.1, -0.05) is 12.8 Å². The molecule has 1 atom stereocenters. The Morgan fingerprint density at radius 1 is 1.41 bits per heavy atom. The van der Waals surface area contributed by atoms with Crippen molar-refractivity contribution in [3.05, 3.63) is 0 Å². The molecule has 1 unspecified atom stereocenters. The molecule has 1 fully saturated rings. The van der Waals surface area contributed by atoms with E-state index in [1.54, 1.807) is 6.92 Å². The van der Waals surface area contributed by atoms with Gasteiger partial charge in [-0.3, -0.25) is 0 Å². The first-order chi connectivity index (χ1) is 7.72. The monoisotopic (exact) mass is 243 g/mol. The Kier molecular flexibility index (Phi) is 4.42. The summed E-state index contributed by atoms with van der Waals surface area (Å²) < 4.78 is 5.27. The molecule has 1 aliphatic rings. The average Bonchev–Trinajstić information content (AvgIpc) is 2.47. The lowest BCUT2D eigenvalue weighted by Crippen LogP contribution is -2.49. The number of carbonyl (C=O) groups is 1. The van der Waals surface area contributed by atoms with Gasteiger partial charge in [0.15, 0.2) is 0 Å². The third-order valence-corrected chi connectivity index (χ3v) is 3.01. The summed E-state index contributed by atoms with van der Waals surface area (Å²) in [4.78, 5) is 11.8. The van der Waals surface area contributed by atoms with E-state index in [-0.39, 0.29) is 11.6 Å². The summed E-state index contributed by atoms with van der Waals surface area (Å²) in [5.74, 6) is 0. The summed E-state index contributed by atoms with van der Waals surface area (Å²) in [6, 6.07) is 0. The molecular formula is C13H25NO3. The zero-order valence-corrected chi connectivity index (χ0v) is 11.4. The van der Waals surface area contributed by atoms with Crippen molar-refractivity contribution in [3.8, 4) is 0 Å². The van der Waals surface area contributed by atoms with Crippen molar-refractivity contribution < 1.29 is 14.6 Å². The molecular weight excluding hydrogens is 218 g/mol. The molecule has 0 spiro atoms. The fourth-order valence-electron chi connectivity index (χ4n) is 2.52. The summed E-state index contributed by atoms with van der Waals surface area (Å²) >= 11 is 0. The van der Waals surface area contributed by atoms with E-state index < -0.39 is 11.7 Å². The van der Waals surface area contributed by atoms with Gasteiger partial charge in [0.05, 0.1) is 6.10 Å². The van der Waals surface area contributed by atoms with Gasteiger partial charge in [-0.05, 0) is 47.0 Å². The fourth-order valence-corrected chi connectivity index (χ4v) is 2.52. The normalized spacial score (nSPS) is 21.0. The Bertz CT molecular complexity index is 262. The smallest absolute Gasteiger partial charge is 0.408 e. The van der Waals surface area contributed by atoms with Crippen LogP contribution in [0, 0.1) is 0 Å². The van der Waals surface area contributed by atoms with E-state index in [1.165, 1.54) is 0 Å². The third kappa shape index (κ3) is 4.94. The minimum Gasteiger partial charge on any atom is -0.444 e. The lowest BCUT2D eigenvalue weighted by atomic mass is 9.91. The number of alkyl carbamates (subject to hydrolysis) is 1. The summed E-state index contributed by atoms with van der Waals surface area (Å²) in [5, 5.41) is 12.5. The molecule has 0 saturated heterocycles. The van der Waals surface area contributed by atoms with Gasteiger partial charge in [0, 0.05) is 5.54 Å². The molecule has 1 saturated carbocycles. The Hall–Kier alpha value is -0.770. The predicted octanol–water partition coefficient (Wildman–Crippen LogP) is 2.59. The number of amides is 1. The van der Waals surface area contributed by atoms with Gasteiger partial charge in [-0.2, -0.15) is 0 Å². The second-order valence-electron chi connectivity index (χ2n) is 6.17. The van der Waals surface area contributed by atoms with Crippen LogP contribution in [0.2, 0.25) is 0 Å². The van der Waals surface area contributed by atoms with Crippen LogP contribution in [0.5, 0.6) is 0 Å². The predicted molar refractivity (Wildman–Crippen MR) is 66.9 cm³/mol. The van der Waals surface area contributed by atoms with E-state index in [1.807, 2.05) is 20.8 Å². The first-order valence-corrected chi connectivity index (χ1v) is 6.42. The van der Waals surface area contributed by atoms with Gasteiger partial charge >= 0.3 is 6.09 Å². The molecule has 100 valence electrons. The van der Waals surface area contributed by atoms with Crippen LogP contribution in [0.4, 0.5) is 4.79 Å². The van der Waals surface area contributed by atoms with Crippen molar-refractivity contribution in [1.82, 2.24) is 5.32 Å².